The summed E-state index contributed by atoms with van der Waals surface area (Å²) in [6.07, 6.45) is 6.28. The van der Waals surface area contributed by atoms with Gasteiger partial charge in [0, 0.05) is 25.5 Å². The summed E-state index contributed by atoms with van der Waals surface area (Å²) >= 11 is 0. The standard InChI is InChI=1S/C14H21NO3/c1-11(10-13-5-3-9-18-13)15-14(16)7-6-12-4-2-8-17-12/h3,5,9,11-12H,2,4,6-8,10H2,1H3,(H,15,16)/t11-,12-/m0/s1. The zero-order chi connectivity index (χ0) is 12.8. The molecular weight excluding hydrogens is 230 g/mol. The molecule has 1 fully saturated rings. The molecule has 1 aliphatic rings. The third-order valence-electron chi connectivity index (χ3n) is 3.21. The molecule has 0 aromatic carbocycles. The van der Waals surface area contributed by atoms with Crippen LogP contribution in [0.5, 0.6) is 0 Å². The van der Waals surface area contributed by atoms with Crippen LogP contribution in [0.3, 0.4) is 0 Å². The summed E-state index contributed by atoms with van der Waals surface area (Å²) in [5.41, 5.74) is 0. The van der Waals surface area contributed by atoms with E-state index in [9.17, 15) is 4.79 Å². The Kier molecular flexibility index (Phi) is 4.81. The Morgan fingerprint density at radius 1 is 1.61 bits per heavy atom. The van der Waals surface area contributed by atoms with Gasteiger partial charge in [-0.05, 0) is 38.3 Å². The lowest BCUT2D eigenvalue weighted by molar-refractivity contribution is -0.122. The van der Waals surface area contributed by atoms with Crippen LogP contribution < -0.4 is 5.32 Å². The largest absolute Gasteiger partial charge is 0.469 e. The van der Waals surface area contributed by atoms with E-state index in [1.165, 1.54) is 0 Å². The second-order valence-corrected chi connectivity index (χ2v) is 4.93. The molecule has 1 amide bonds. The van der Waals surface area contributed by atoms with Crippen molar-refractivity contribution in [2.24, 2.45) is 0 Å². The van der Waals surface area contributed by atoms with Gasteiger partial charge in [-0.15, -0.1) is 0 Å². The van der Waals surface area contributed by atoms with Crippen LogP contribution in [0, 0.1) is 0 Å². The Balaban J connectivity index is 1.63. The lowest BCUT2D eigenvalue weighted by atomic mass is 10.1. The molecule has 0 bridgehead atoms. The van der Waals surface area contributed by atoms with Crippen molar-refractivity contribution < 1.29 is 13.9 Å². The maximum absolute atomic E-state index is 11.7. The minimum absolute atomic E-state index is 0.101. The number of furan rings is 1. The fraction of sp³-hybridized carbons (Fsp3) is 0.643. The van der Waals surface area contributed by atoms with Crippen LogP contribution in [-0.2, 0) is 16.0 Å². The third-order valence-corrected chi connectivity index (χ3v) is 3.21. The predicted molar refractivity (Wildman–Crippen MR) is 68.2 cm³/mol. The number of ether oxygens (including phenoxy) is 1. The molecule has 4 heteroatoms. The lowest BCUT2D eigenvalue weighted by Crippen LogP contribution is -2.34. The minimum Gasteiger partial charge on any atom is -0.469 e. The first kappa shape index (κ1) is 13.1. The highest BCUT2D eigenvalue weighted by atomic mass is 16.5. The van der Waals surface area contributed by atoms with Crippen molar-refractivity contribution in [1.29, 1.82) is 0 Å². The van der Waals surface area contributed by atoms with Crippen molar-refractivity contribution in [3.8, 4) is 0 Å². The van der Waals surface area contributed by atoms with Crippen LogP contribution in [-0.4, -0.2) is 24.7 Å². The second kappa shape index (κ2) is 6.59. The number of rotatable bonds is 6. The van der Waals surface area contributed by atoms with Crippen molar-refractivity contribution in [2.45, 2.75) is 51.2 Å². The quantitative estimate of drug-likeness (QED) is 0.844. The predicted octanol–water partition coefficient (Wildman–Crippen LogP) is 2.29. The fourth-order valence-corrected chi connectivity index (χ4v) is 2.29. The molecule has 2 rings (SSSR count). The molecule has 0 spiro atoms. The van der Waals surface area contributed by atoms with E-state index >= 15 is 0 Å². The van der Waals surface area contributed by atoms with Gasteiger partial charge in [-0.2, -0.15) is 0 Å². The maximum atomic E-state index is 11.7. The zero-order valence-corrected chi connectivity index (χ0v) is 10.9. The first-order chi connectivity index (χ1) is 8.74. The fourth-order valence-electron chi connectivity index (χ4n) is 2.29. The van der Waals surface area contributed by atoms with Gasteiger partial charge in [0.15, 0.2) is 0 Å². The molecule has 0 radical (unpaired) electrons. The molecule has 4 nitrogen and oxygen atoms in total. The highest BCUT2D eigenvalue weighted by Crippen LogP contribution is 2.16. The van der Waals surface area contributed by atoms with Gasteiger partial charge >= 0.3 is 0 Å². The van der Waals surface area contributed by atoms with E-state index in [2.05, 4.69) is 5.32 Å². The second-order valence-electron chi connectivity index (χ2n) is 4.93. The van der Waals surface area contributed by atoms with Crippen molar-refractivity contribution in [3.63, 3.8) is 0 Å². The average molecular weight is 251 g/mol. The first-order valence-corrected chi connectivity index (χ1v) is 6.67. The van der Waals surface area contributed by atoms with E-state index in [4.69, 9.17) is 9.15 Å². The van der Waals surface area contributed by atoms with Gasteiger partial charge in [0.25, 0.3) is 0 Å². The molecule has 0 unspecified atom stereocenters. The van der Waals surface area contributed by atoms with Crippen molar-refractivity contribution >= 4 is 5.91 Å². The van der Waals surface area contributed by atoms with Crippen LogP contribution in [0.1, 0.15) is 38.4 Å². The van der Waals surface area contributed by atoms with Gasteiger partial charge in [0.2, 0.25) is 5.91 Å². The molecule has 1 aliphatic heterocycles. The molecule has 1 aromatic heterocycles. The number of nitrogens with one attached hydrogen (secondary N) is 1. The number of carbonyl (C=O) groups is 1. The van der Waals surface area contributed by atoms with Gasteiger partial charge in [-0.25, -0.2) is 0 Å². The van der Waals surface area contributed by atoms with Gasteiger partial charge in [-0.1, -0.05) is 0 Å². The molecule has 18 heavy (non-hydrogen) atoms. The zero-order valence-electron chi connectivity index (χ0n) is 10.9. The van der Waals surface area contributed by atoms with Crippen LogP contribution in [0.2, 0.25) is 0 Å². The number of carbonyl (C=O) groups excluding carboxylic acids is 1. The van der Waals surface area contributed by atoms with Crippen LogP contribution >= 0.6 is 0 Å². The lowest BCUT2D eigenvalue weighted by Gasteiger charge is -2.14. The third kappa shape index (κ3) is 4.18. The Morgan fingerprint density at radius 3 is 3.17 bits per heavy atom. The first-order valence-electron chi connectivity index (χ1n) is 6.67. The van der Waals surface area contributed by atoms with E-state index in [1.807, 2.05) is 19.1 Å². The topological polar surface area (TPSA) is 51.5 Å². The summed E-state index contributed by atoms with van der Waals surface area (Å²) in [5.74, 6) is 1.01. The summed E-state index contributed by atoms with van der Waals surface area (Å²) in [7, 11) is 0. The molecule has 1 N–H and O–H groups in total. The molecule has 100 valence electrons. The molecule has 2 heterocycles. The van der Waals surface area contributed by atoms with E-state index in [0.29, 0.717) is 6.42 Å². The molecule has 1 saturated heterocycles. The van der Waals surface area contributed by atoms with E-state index < -0.39 is 0 Å². The highest BCUT2D eigenvalue weighted by Gasteiger charge is 2.17. The maximum Gasteiger partial charge on any atom is 0.220 e. The Bertz CT molecular complexity index is 355. The number of hydrogen-bond acceptors (Lipinski definition) is 3. The molecular formula is C14H21NO3. The van der Waals surface area contributed by atoms with E-state index in [1.54, 1.807) is 6.26 Å². The Hall–Kier alpha value is -1.29. The smallest absolute Gasteiger partial charge is 0.220 e. The molecule has 1 aromatic rings. The van der Waals surface area contributed by atoms with Gasteiger partial charge in [0.1, 0.15) is 5.76 Å². The van der Waals surface area contributed by atoms with Crippen molar-refractivity contribution in [2.75, 3.05) is 6.61 Å². The van der Waals surface area contributed by atoms with Crippen LogP contribution in [0.15, 0.2) is 22.8 Å². The molecule has 2 atom stereocenters. The summed E-state index contributed by atoms with van der Waals surface area (Å²) in [5, 5.41) is 2.99. The highest BCUT2D eigenvalue weighted by molar-refractivity contribution is 5.76. The molecule has 0 aliphatic carbocycles. The average Bonchev–Trinajstić information content (AvgIpc) is 2.98. The Morgan fingerprint density at radius 2 is 2.50 bits per heavy atom. The summed E-state index contributed by atoms with van der Waals surface area (Å²) in [6.45, 7) is 2.84. The number of hydrogen-bond donors (Lipinski definition) is 1. The SMILES string of the molecule is C[C@@H](Cc1ccco1)NC(=O)CC[C@@H]1CCCO1. The normalized spacial score (nSPS) is 20.8. The van der Waals surface area contributed by atoms with Crippen molar-refractivity contribution in [3.05, 3.63) is 24.2 Å². The van der Waals surface area contributed by atoms with Gasteiger partial charge in [0.05, 0.1) is 12.4 Å². The summed E-state index contributed by atoms with van der Waals surface area (Å²) in [4.78, 5) is 11.7. The molecule has 0 saturated carbocycles. The van der Waals surface area contributed by atoms with E-state index in [0.717, 1.165) is 38.1 Å². The Labute approximate surface area is 108 Å². The van der Waals surface area contributed by atoms with Gasteiger partial charge < -0.3 is 14.5 Å². The monoisotopic (exact) mass is 251 g/mol. The van der Waals surface area contributed by atoms with Crippen molar-refractivity contribution in [1.82, 2.24) is 5.32 Å². The van der Waals surface area contributed by atoms with Gasteiger partial charge in [-0.3, -0.25) is 4.79 Å². The summed E-state index contributed by atoms with van der Waals surface area (Å²) in [6, 6.07) is 3.89. The van der Waals surface area contributed by atoms with Crippen LogP contribution in [0.4, 0.5) is 0 Å². The summed E-state index contributed by atoms with van der Waals surface area (Å²) < 4.78 is 10.8. The minimum atomic E-state index is 0.101. The van der Waals surface area contributed by atoms with Crippen LogP contribution in [0.25, 0.3) is 0 Å². The van der Waals surface area contributed by atoms with E-state index in [-0.39, 0.29) is 18.1 Å². The number of amides is 1.